The summed E-state index contributed by atoms with van der Waals surface area (Å²) in [7, 11) is 0. The van der Waals surface area contributed by atoms with Gasteiger partial charge in [-0.15, -0.1) is 0 Å². The minimum atomic E-state index is 0.390. The van der Waals surface area contributed by atoms with Gasteiger partial charge in [-0.05, 0) is 42.8 Å². The van der Waals surface area contributed by atoms with Gasteiger partial charge >= 0.3 is 0 Å². The quantitative estimate of drug-likeness (QED) is 0.886. The number of benzene rings is 1. The molecule has 1 aliphatic rings. The Bertz CT molecular complexity index is 636. The van der Waals surface area contributed by atoms with E-state index in [9.17, 15) is 0 Å². The van der Waals surface area contributed by atoms with Crippen molar-refractivity contribution in [1.82, 2.24) is 9.88 Å². The molecule has 0 saturated heterocycles. The van der Waals surface area contributed by atoms with Gasteiger partial charge in [0.15, 0.2) is 0 Å². The fourth-order valence-corrected chi connectivity index (χ4v) is 3.45. The number of aromatic nitrogens is 1. The van der Waals surface area contributed by atoms with Gasteiger partial charge in [-0.2, -0.15) is 0 Å². The summed E-state index contributed by atoms with van der Waals surface area (Å²) >= 11 is 3.60. The fourth-order valence-electron chi connectivity index (χ4n) is 2.90. The SMILES string of the molecule is CCNC(C)c1ccn(Cc2cc(Br)cc3c2OCC3)c1. The molecule has 0 bridgehead atoms. The highest BCUT2D eigenvalue weighted by atomic mass is 79.9. The molecule has 1 atom stereocenters. The van der Waals surface area contributed by atoms with Crippen molar-refractivity contribution in [2.75, 3.05) is 13.2 Å². The van der Waals surface area contributed by atoms with Crippen LogP contribution in [0.3, 0.4) is 0 Å². The maximum Gasteiger partial charge on any atom is 0.127 e. The summed E-state index contributed by atoms with van der Waals surface area (Å²) in [5.41, 5.74) is 3.88. The van der Waals surface area contributed by atoms with E-state index in [-0.39, 0.29) is 0 Å². The molecule has 4 heteroatoms. The largest absolute Gasteiger partial charge is 0.493 e. The lowest BCUT2D eigenvalue weighted by Gasteiger charge is -2.11. The van der Waals surface area contributed by atoms with Crippen molar-refractivity contribution in [3.8, 4) is 5.75 Å². The van der Waals surface area contributed by atoms with Crippen molar-refractivity contribution in [2.45, 2.75) is 32.9 Å². The van der Waals surface area contributed by atoms with Gasteiger partial charge in [0, 0.05) is 34.9 Å². The maximum absolute atomic E-state index is 5.80. The summed E-state index contributed by atoms with van der Waals surface area (Å²) in [6, 6.07) is 6.91. The second-order valence-corrected chi connectivity index (χ2v) is 6.46. The average Bonchev–Trinajstić information content (AvgIpc) is 3.07. The molecule has 0 radical (unpaired) electrons. The van der Waals surface area contributed by atoms with Crippen molar-refractivity contribution >= 4 is 15.9 Å². The molecule has 2 heterocycles. The van der Waals surface area contributed by atoms with Gasteiger partial charge in [-0.1, -0.05) is 22.9 Å². The molecule has 0 fully saturated rings. The molecule has 1 unspecified atom stereocenters. The molecule has 0 saturated carbocycles. The van der Waals surface area contributed by atoms with Gasteiger partial charge in [-0.25, -0.2) is 0 Å². The lowest BCUT2D eigenvalue weighted by Crippen LogP contribution is -2.17. The summed E-state index contributed by atoms with van der Waals surface area (Å²) in [5.74, 6) is 1.08. The third kappa shape index (κ3) is 3.16. The van der Waals surface area contributed by atoms with Crippen LogP contribution in [0.5, 0.6) is 5.75 Å². The molecule has 3 nitrogen and oxygen atoms in total. The van der Waals surface area contributed by atoms with E-state index in [0.29, 0.717) is 6.04 Å². The monoisotopic (exact) mass is 348 g/mol. The first-order valence-electron chi connectivity index (χ1n) is 7.50. The Morgan fingerprint density at radius 3 is 3.10 bits per heavy atom. The Morgan fingerprint density at radius 2 is 2.29 bits per heavy atom. The van der Waals surface area contributed by atoms with E-state index in [1.54, 1.807) is 0 Å². The maximum atomic E-state index is 5.80. The number of hydrogen-bond acceptors (Lipinski definition) is 2. The highest BCUT2D eigenvalue weighted by Gasteiger charge is 2.17. The number of rotatable bonds is 5. The predicted octanol–water partition coefficient (Wildman–Crippen LogP) is 3.90. The highest BCUT2D eigenvalue weighted by Crippen LogP contribution is 2.33. The number of ether oxygens (including phenoxy) is 1. The van der Waals surface area contributed by atoms with Crippen LogP contribution in [0.2, 0.25) is 0 Å². The molecule has 0 spiro atoms. The predicted molar refractivity (Wildman–Crippen MR) is 89.0 cm³/mol. The lowest BCUT2D eigenvalue weighted by atomic mass is 10.1. The zero-order chi connectivity index (χ0) is 14.8. The molecule has 1 aliphatic heterocycles. The topological polar surface area (TPSA) is 26.2 Å². The first kappa shape index (κ1) is 14.7. The van der Waals surface area contributed by atoms with Crippen LogP contribution < -0.4 is 10.1 Å². The van der Waals surface area contributed by atoms with Crippen LogP contribution in [-0.4, -0.2) is 17.7 Å². The molecule has 3 rings (SSSR count). The smallest absolute Gasteiger partial charge is 0.127 e. The van der Waals surface area contributed by atoms with Crippen molar-refractivity contribution in [1.29, 1.82) is 0 Å². The van der Waals surface area contributed by atoms with Gasteiger partial charge in [0.05, 0.1) is 13.2 Å². The number of nitrogens with zero attached hydrogens (tertiary/aromatic N) is 1. The molecule has 0 amide bonds. The van der Waals surface area contributed by atoms with Crippen molar-refractivity contribution in [2.24, 2.45) is 0 Å². The molecule has 1 aromatic heterocycles. The van der Waals surface area contributed by atoms with Gasteiger partial charge in [0.2, 0.25) is 0 Å². The van der Waals surface area contributed by atoms with Crippen LogP contribution >= 0.6 is 15.9 Å². The molecular weight excluding hydrogens is 328 g/mol. The molecule has 1 N–H and O–H groups in total. The Hall–Kier alpha value is -1.26. The standard InChI is InChI=1S/C17H21BrN2O/c1-3-19-12(2)14-4-6-20(10-14)11-15-9-16(18)8-13-5-7-21-17(13)15/h4,6,8-10,12,19H,3,5,7,11H2,1-2H3. The Morgan fingerprint density at radius 1 is 1.43 bits per heavy atom. The first-order chi connectivity index (χ1) is 10.2. The average molecular weight is 349 g/mol. The van der Waals surface area contributed by atoms with E-state index < -0.39 is 0 Å². The van der Waals surface area contributed by atoms with Crippen LogP contribution in [-0.2, 0) is 13.0 Å². The van der Waals surface area contributed by atoms with Crippen LogP contribution in [0, 0.1) is 0 Å². The van der Waals surface area contributed by atoms with E-state index in [1.165, 1.54) is 16.7 Å². The van der Waals surface area contributed by atoms with Gasteiger partial charge in [-0.3, -0.25) is 0 Å². The van der Waals surface area contributed by atoms with E-state index in [1.807, 2.05) is 0 Å². The minimum absolute atomic E-state index is 0.390. The Balaban J connectivity index is 1.81. The number of fused-ring (bicyclic) bond motifs is 1. The lowest BCUT2D eigenvalue weighted by molar-refractivity contribution is 0.352. The number of hydrogen-bond donors (Lipinski definition) is 1. The van der Waals surface area contributed by atoms with Gasteiger partial charge in [0.1, 0.15) is 5.75 Å². The summed E-state index contributed by atoms with van der Waals surface area (Å²) in [4.78, 5) is 0. The Kier molecular flexibility index (Phi) is 4.36. The van der Waals surface area contributed by atoms with Crippen LogP contribution in [0.1, 0.15) is 36.6 Å². The minimum Gasteiger partial charge on any atom is -0.493 e. The second-order valence-electron chi connectivity index (χ2n) is 5.55. The van der Waals surface area contributed by atoms with Crippen molar-refractivity contribution in [3.63, 3.8) is 0 Å². The summed E-state index contributed by atoms with van der Waals surface area (Å²) in [5, 5.41) is 3.44. The van der Waals surface area contributed by atoms with Crippen molar-refractivity contribution < 1.29 is 4.74 Å². The normalized spacial score (nSPS) is 14.8. The first-order valence-corrected chi connectivity index (χ1v) is 8.30. The second kappa shape index (κ2) is 6.24. The molecule has 112 valence electrons. The number of halogens is 1. The molecule has 21 heavy (non-hydrogen) atoms. The van der Waals surface area contributed by atoms with Crippen LogP contribution in [0.4, 0.5) is 0 Å². The zero-order valence-corrected chi connectivity index (χ0v) is 14.1. The zero-order valence-electron chi connectivity index (χ0n) is 12.5. The van der Waals surface area contributed by atoms with Crippen LogP contribution in [0.25, 0.3) is 0 Å². The number of nitrogens with one attached hydrogen (secondary N) is 1. The highest BCUT2D eigenvalue weighted by molar-refractivity contribution is 9.10. The Labute approximate surface area is 134 Å². The fraction of sp³-hybridized carbons (Fsp3) is 0.412. The van der Waals surface area contributed by atoms with Crippen LogP contribution in [0.15, 0.2) is 35.1 Å². The van der Waals surface area contributed by atoms with E-state index in [0.717, 1.165) is 36.3 Å². The summed E-state index contributed by atoms with van der Waals surface area (Å²) in [6.07, 6.45) is 5.37. The molecule has 0 aliphatic carbocycles. The van der Waals surface area contributed by atoms with Gasteiger partial charge < -0.3 is 14.6 Å². The van der Waals surface area contributed by atoms with Crippen molar-refractivity contribution in [3.05, 3.63) is 51.8 Å². The van der Waals surface area contributed by atoms with E-state index in [4.69, 9.17) is 4.74 Å². The third-order valence-corrected chi connectivity index (χ3v) is 4.42. The summed E-state index contributed by atoms with van der Waals surface area (Å²) in [6.45, 7) is 6.96. The molecular formula is C17H21BrN2O. The van der Waals surface area contributed by atoms with E-state index >= 15 is 0 Å². The summed E-state index contributed by atoms with van der Waals surface area (Å²) < 4.78 is 9.17. The van der Waals surface area contributed by atoms with E-state index in [2.05, 4.69) is 70.3 Å². The molecule has 1 aromatic carbocycles. The third-order valence-electron chi connectivity index (χ3n) is 3.96. The molecule has 2 aromatic rings. The van der Waals surface area contributed by atoms with Gasteiger partial charge in [0.25, 0.3) is 0 Å².